The van der Waals surface area contributed by atoms with Crippen LogP contribution >= 0.6 is 0 Å². The number of hydrogen-bond donors (Lipinski definition) is 0. The third-order valence-corrected chi connectivity index (χ3v) is 6.32. The van der Waals surface area contributed by atoms with E-state index in [0.29, 0.717) is 36.1 Å². The maximum absolute atomic E-state index is 14.1. The third kappa shape index (κ3) is 2.54. The predicted molar refractivity (Wildman–Crippen MR) is 120 cm³/mol. The van der Waals surface area contributed by atoms with Gasteiger partial charge in [-0.1, -0.05) is 37.3 Å². The van der Waals surface area contributed by atoms with Crippen molar-refractivity contribution in [1.29, 1.82) is 0 Å². The molecule has 32 heavy (non-hydrogen) atoms. The Morgan fingerprint density at radius 2 is 1.75 bits per heavy atom. The minimum atomic E-state index is -1.53. The van der Waals surface area contributed by atoms with Crippen LogP contribution in [0, 0.1) is 0 Å². The quantitative estimate of drug-likeness (QED) is 0.559. The second-order valence-corrected chi connectivity index (χ2v) is 8.12. The Labute approximate surface area is 185 Å². The molecule has 3 heterocycles. The number of hydrogen-bond acceptors (Lipinski definition) is 5. The van der Waals surface area contributed by atoms with Gasteiger partial charge in [-0.3, -0.25) is 14.4 Å². The molecule has 2 aliphatic heterocycles. The number of carbonyl (C=O) groups is 2. The Hall–Kier alpha value is -3.45. The molecule has 0 bridgehead atoms. The van der Waals surface area contributed by atoms with Gasteiger partial charge in [-0.05, 0) is 31.0 Å². The van der Waals surface area contributed by atoms with Gasteiger partial charge in [0.1, 0.15) is 5.58 Å². The van der Waals surface area contributed by atoms with Crippen molar-refractivity contribution in [3.05, 3.63) is 75.6 Å². The van der Waals surface area contributed by atoms with E-state index in [1.165, 1.54) is 4.90 Å². The standard InChI is InChI=1S/C25H24N2O5/c1-3-13-26-18-11-6-5-10-17(18)25(24(26)30)20-21(28)16-9-4-7-12-19(16)32-22(20)23(29)27(25)14-8-15-31-2/h4-7,9-12H,3,8,13-15H2,1-2H3/t25-/m1/s1. The molecule has 2 amide bonds. The van der Waals surface area contributed by atoms with Gasteiger partial charge < -0.3 is 19.0 Å². The molecule has 0 saturated carbocycles. The highest BCUT2D eigenvalue weighted by atomic mass is 16.5. The number of methoxy groups -OCH3 is 1. The van der Waals surface area contributed by atoms with Gasteiger partial charge in [0.25, 0.3) is 11.8 Å². The van der Waals surface area contributed by atoms with E-state index in [1.54, 1.807) is 36.3 Å². The zero-order chi connectivity index (χ0) is 22.5. The molecule has 0 N–H and O–H groups in total. The predicted octanol–water partition coefficient (Wildman–Crippen LogP) is 3.29. The first-order valence-electron chi connectivity index (χ1n) is 10.9. The van der Waals surface area contributed by atoms with Crippen LogP contribution < -0.4 is 10.3 Å². The van der Waals surface area contributed by atoms with Crippen molar-refractivity contribution in [2.75, 3.05) is 31.7 Å². The number of para-hydroxylation sites is 2. The van der Waals surface area contributed by atoms with Crippen LogP contribution in [0.15, 0.2) is 57.7 Å². The van der Waals surface area contributed by atoms with Crippen LogP contribution in [0.1, 0.15) is 41.4 Å². The van der Waals surface area contributed by atoms with Gasteiger partial charge >= 0.3 is 0 Å². The smallest absolute Gasteiger partial charge is 0.291 e. The number of nitrogens with zero attached hydrogens (tertiary/aromatic N) is 2. The van der Waals surface area contributed by atoms with E-state index >= 15 is 0 Å². The van der Waals surface area contributed by atoms with Crippen molar-refractivity contribution in [2.45, 2.75) is 25.3 Å². The lowest BCUT2D eigenvalue weighted by Crippen LogP contribution is -2.53. The van der Waals surface area contributed by atoms with E-state index in [2.05, 4.69) is 0 Å². The zero-order valence-corrected chi connectivity index (χ0v) is 18.1. The van der Waals surface area contributed by atoms with Crippen LogP contribution in [0.3, 0.4) is 0 Å². The molecule has 0 fully saturated rings. The SMILES string of the molecule is CCCN1C(=O)[C@@]2(c3ccccc31)c1c(oc3ccccc3c1=O)C(=O)N2CCCOC. The first kappa shape index (κ1) is 20.5. The minimum Gasteiger partial charge on any atom is -0.450 e. The first-order valence-corrected chi connectivity index (χ1v) is 10.9. The van der Waals surface area contributed by atoms with Gasteiger partial charge in [-0.25, -0.2) is 0 Å². The van der Waals surface area contributed by atoms with Crippen molar-refractivity contribution < 1.29 is 18.7 Å². The number of anilines is 1. The van der Waals surface area contributed by atoms with Crippen molar-refractivity contribution in [3.8, 4) is 0 Å². The van der Waals surface area contributed by atoms with Crippen LogP contribution in [-0.2, 0) is 15.1 Å². The molecule has 0 aliphatic carbocycles. The maximum Gasteiger partial charge on any atom is 0.291 e. The second kappa shape index (κ2) is 7.60. The van der Waals surface area contributed by atoms with Gasteiger partial charge in [0.05, 0.1) is 16.6 Å². The highest BCUT2D eigenvalue weighted by molar-refractivity contribution is 6.17. The van der Waals surface area contributed by atoms with Crippen LogP contribution in [-0.4, -0.2) is 43.5 Å². The number of fused-ring (bicyclic) bond motifs is 5. The molecule has 1 atom stereocenters. The summed E-state index contributed by atoms with van der Waals surface area (Å²) in [7, 11) is 1.59. The van der Waals surface area contributed by atoms with Crippen molar-refractivity contribution in [2.24, 2.45) is 0 Å². The Morgan fingerprint density at radius 3 is 2.53 bits per heavy atom. The van der Waals surface area contributed by atoms with Crippen LogP contribution in [0.2, 0.25) is 0 Å². The summed E-state index contributed by atoms with van der Waals surface area (Å²) in [6.07, 6.45) is 1.27. The molecule has 5 rings (SSSR count). The number of carbonyl (C=O) groups excluding carboxylic acids is 2. The summed E-state index contributed by atoms with van der Waals surface area (Å²) in [5, 5.41) is 0.358. The van der Waals surface area contributed by atoms with E-state index in [1.807, 2.05) is 31.2 Å². The topological polar surface area (TPSA) is 80.1 Å². The van der Waals surface area contributed by atoms with Gasteiger partial charge in [0.2, 0.25) is 5.76 Å². The van der Waals surface area contributed by atoms with E-state index in [4.69, 9.17) is 9.15 Å². The molecular weight excluding hydrogens is 408 g/mol. The molecule has 164 valence electrons. The molecule has 3 aromatic rings. The van der Waals surface area contributed by atoms with Crippen molar-refractivity contribution in [1.82, 2.24) is 4.90 Å². The minimum absolute atomic E-state index is 0.0485. The van der Waals surface area contributed by atoms with Gasteiger partial charge in [-0.15, -0.1) is 0 Å². The lowest BCUT2D eigenvalue weighted by molar-refractivity contribution is -0.126. The van der Waals surface area contributed by atoms with Gasteiger partial charge in [0.15, 0.2) is 11.0 Å². The van der Waals surface area contributed by atoms with E-state index in [9.17, 15) is 14.4 Å². The summed E-state index contributed by atoms with van der Waals surface area (Å²) in [5.74, 6) is -0.777. The molecule has 1 aromatic heterocycles. The fraction of sp³-hybridized carbons (Fsp3) is 0.320. The number of amides is 2. The lowest BCUT2D eigenvalue weighted by Gasteiger charge is -2.34. The summed E-state index contributed by atoms with van der Waals surface area (Å²) in [4.78, 5) is 44.8. The average Bonchev–Trinajstić information content (AvgIpc) is 3.20. The monoisotopic (exact) mass is 432 g/mol. The molecule has 0 saturated heterocycles. The van der Waals surface area contributed by atoms with E-state index in [0.717, 1.165) is 12.1 Å². The molecular formula is C25H24N2O5. The Morgan fingerprint density at radius 1 is 1.00 bits per heavy atom. The maximum atomic E-state index is 14.1. The highest BCUT2D eigenvalue weighted by Crippen LogP contribution is 2.52. The lowest BCUT2D eigenvalue weighted by atomic mass is 9.84. The molecule has 7 nitrogen and oxygen atoms in total. The molecule has 2 aromatic carbocycles. The Bertz CT molecular complexity index is 1300. The molecule has 0 radical (unpaired) electrons. The molecule has 0 unspecified atom stereocenters. The number of benzene rings is 2. The van der Waals surface area contributed by atoms with Gasteiger partial charge in [0, 0.05) is 32.4 Å². The van der Waals surface area contributed by atoms with E-state index in [-0.39, 0.29) is 29.2 Å². The normalized spacial score (nSPS) is 19.3. The van der Waals surface area contributed by atoms with Gasteiger partial charge in [-0.2, -0.15) is 0 Å². The van der Waals surface area contributed by atoms with Crippen LogP contribution in [0.5, 0.6) is 0 Å². The molecule has 2 aliphatic rings. The summed E-state index contributed by atoms with van der Waals surface area (Å²) < 4.78 is 11.2. The Balaban J connectivity index is 1.85. The third-order valence-electron chi connectivity index (χ3n) is 6.32. The first-order chi connectivity index (χ1) is 15.6. The fourth-order valence-corrected chi connectivity index (χ4v) is 5.05. The van der Waals surface area contributed by atoms with Crippen LogP contribution in [0.25, 0.3) is 11.0 Å². The second-order valence-electron chi connectivity index (χ2n) is 8.12. The average molecular weight is 432 g/mol. The summed E-state index contributed by atoms with van der Waals surface area (Å²) >= 11 is 0. The summed E-state index contributed by atoms with van der Waals surface area (Å²) in [6, 6.07) is 14.2. The highest BCUT2D eigenvalue weighted by Gasteiger charge is 2.64. The van der Waals surface area contributed by atoms with E-state index < -0.39 is 11.4 Å². The Kier molecular flexibility index (Phi) is 4.86. The zero-order valence-electron chi connectivity index (χ0n) is 18.1. The fourth-order valence-electron chi connectivity index (χ4n) is 5.05. The van der Waals surface area contributed by atoms with Crippen molar-refractivity contribution >= 4 is 28.5 Å². The summed E-state index contributed by atoms with van der Waals surface area (Å²) in [5.41, 5.74) is -0.0469. The van der Waals surface area contributed by atoms with Crippen molar-refractivity contribution in [3.63, 3.8) is 0 Å². The number of rotatable bonds is 6. The molecule has 7 heteroatoms. The largest absolute Gasteiger partial charge is 0.450 e. The number of ether oxygens (including phenoxy) is 1. The summed E-state index contributed by atoms with van der Waals surface area (Å²) in [6.45, 7) is 3.17. The van der Waals surface area contributed by atoms with Crippen LogP contribution in [0.4, 0.5) is 5.69 Å². The molecule has 1 spiro atoms.